The second kappa shape index (κ2) is 7.09. The third-order valence-corrected chi connectivity index (χ3v) is 2.74. The normalized spacial score (nSPS) is 10.5. The maximum Gasteiger partial charge on any atom is 0.274 e. The zero-order valence-corrected chi connectivity index (χ0v) is 11.3. The number of hydrogen-bond donors (Lipinski definition) is 3. The maximum absolute atomic E-state index is 13.0. The first-order valence-electron chi connectivity index (χ1n) is 6.23. The van der Waals surface area contributed by atoms with Crippen molar-refractivity contribution in [3.05, 3.63) is 71.0 Å². The predicted octanol–water partition coefficient (Wildman–Crippen LogP) is 1.71. The molecule has 0 saturated heterocycles. The van der Waals surface area contributed by atoms with Crippen LogP contribution in [0.1, 0.15) is 26.3 Å². The molecule has 7 heteroatoms. The first-order valence-corrected chi connectivity index (χ1v) is 6.23. The van der Waals surface area contributed by atoms with E-state index in [1.165, 1.54) is 42.0 Å². The smallest absolute Gasteiger partial charge is 0.274 e. The maximum atomic E-state index is 13.0. The van der Waals surface area contributed by atoms with E-state index in [1.807, 2.05) is 0 Å². The molecule has 3 N–H and O–H groups in total. The van der Waals surface area contributed by atoms with Crippen LogP contribution in [0.5, 0.6) is 0 Å². The molecular formula is C15H12FN3O3. The number of amides is 2. The van der Waals surface area contributed by atoms with Gasteiger partial charge in [-0.05, 0) is 35.9 Å². The van der Waals surface area contributed by atoms with Gasteiger partial charge in [0, 0.05) is 11.1 Å². The lowest BCUT2D eigenvalue weighted by Crippen LogP contribution is -2.18. The zero-order valence-electron chi connectivity index (χ0n) is 11.3. The summed E-state index contributed by atoms with van der Waals surface area (Å²) in [6.45, 7) is 0. The Morgan fingerprint density at radius 1 is 1.05 bits per heavy atom. The molecule has 6 nitrogen and oxygen atoms in total. The summed E-state index contributed by atoms with van der Waals surface area (Å²) in [5, 5.41) is 12.2. The second-order valence-corrected chi connectivity index (χ2v) is 4.27. The zero-order chi connectivity index (χ0) is 15.9. The van der Waals surface area contributed by atoms with Crippen LogP contribution in [-0.4, -0.2) is 23.2 Å². The first-order chi connectivity index (χ1) is 10.6. The lowest BCUT2D eigenvalue weighted by molar-refractivity contribution is 0.0706. The molecule has 0 atom stereocenters. The van der Waals surface area contributed by atoms with Crippen LogP contribution in [-0.2, 0) is 0 Å². The number of nitrogens with zero attached hydrogens (tertiary/aromatic N) is 1. The minimum absolute atomic E-state index is 0.159. The van der Waals surface area contributed by atoms with Gasteiger partial charge >= 0.3 is 0 Å². The van der Waals surface area contributed by atoms with Crippen LogP contribution in [0.2, 0.25) is 0 Å². The molecule has 0 aliphatic rings. The molecule has 2 aromatic rings. The molecule has 0 unspecified atom stereocenters. The molecule has 22 heavy (non-hydrogen) atoms. The number of carbonyl (C=O) groups excluding carboxylic acids is 2. The lowest BCUT2D eigenvalue weighted by Gasteiger charge is -2.00. The molecule has 0 aliphatic carbocycles. The van der Waals surface area contributed by atoms with E-state index in [0.717, 1.165) is 6.07 Å². The molecule has 0 fully saturated rings. The Balaban J connectivity index is 1.97. The highest BCUT2D eigenvalue weighted by molar-refractivity contribution is 5.95. The van der Waals surface area contributed by atoms with E-state index in [2.05, 4.69) is 10.5 Å². The van der Waals surface area contributed by atoms with Gasteiger partial charge in [-0.15, -0.1) is 0 Å². The van der Waals surface area contributed by atoms with Crippen LogP contribution in [0.25, 0.3) is 0 Å². The average Bonchev–Trinajstić information content (AvgIpc) is 2.54. The fraction of sp³-hybridized carbons (Fsp3) is 0. The summed E-state index contributed by atoms with van der Waals surface area (Å²) in [6, 6.07) is 11.4. The lowest BCUT2D eigenvalue weighted by atomic mass is 10.1. The minimum atomic E-state index is -0.622. The molecule has 2 amide bonds. The Bertz CT molecular complexity index is 714. The number of rotatable bonds is 4. The third kappa shape index (κ3) is 3.97. The van der Waals surface area contributed by atoms with E-state index in [0.29, 0.717) is 5.56 Å². The molecule has 0 spiro atoms. The number of hydrazone groups is 1. The van der Waals surface area contributed by atoms with Crippen LogP contribution in [0.4, 0.5) is 4.39 Å². The van der Waals surface area contributed by atoms with Crippen molar-refractivity contribution in [3.8, 4) is 0 Å². The molecule has 0 aliphatic heterocycles. The van der Waals surface area contributed by atoms with Gasteiger partial charge in [0.1, 0.15) is 5.82 Å². The highest BCUT2D eigenvalue weighted by atomic mass is 19.1. The number of hydroxylamine groups is 1. The number of hydrogen-bond acceptors (Lipinski definition) is 4. The molecule has 0 saturated carbocycles. The molecule has 0 heterocycles. The molecule has 0 aromatic heterocycles. The van der Waals surface area contributed by atoms with Gasteiger partial charge in [0.25, 0.3) is 11.8 Å². The van der Waals surface area contributed by atoms with Gasteiger partial charge in [-0.25, -0.2) is 15.3 Å². The van der Waals surface area contributed by atoms with E-state index >= 15 is 0 Å². The Morgan fingerprint density at radius 2 is 1.77 bits per heavy atom. The Morgan fingerprint density at radius 3 is 2.41 bits per heavy atom. The van der Waals surface area contributed by atoms with Crippen LogP contribution < -0.4 is 10.9 Å². The highest BCUT2D eigenvalue weighted by Crippen LogP contribution is 2.04. The summed E-state index contributed by atoms with van der Waals surface area (Å²) in [5.74, 6) is -1.66. The Kier molecular flexibility index (Phi) is 4.94. The van der Waals surface area contributed by atoms with Gasteiger partial charge in [-0.2, -0.15) is 5.10 Å². The number of benzene rings is 2. The van der Waals surface area contributed by atoms with Crippen molar-refractivity contribution < 1.29 is 19.2 Å². The van der Waals surface area contributed by atoms with Gasteiger partial charge in [0.2, 0.25) is 0 Å². The van der Waals surface area contributed by atoms with Crippen molar-refractivity contribution in [1.82, 2.24) is 10.9 Å². The minimum Gasteiger partial charge on any atom is -0.288 e. The first kappa shape index (κ1) is 15.3. The second-order valence-electron chi connectivity index (χ2n) is 4.27. The van der Waals surface area contributed by atoms with Crippen molar-refractivity contribution in [2.24, 2.45) is 5.10 Å². The van der Waals surface area contributed by atoms with Gasteiger partial charge in [0.15, 0.2) is 0 Å². The van der Waals surface area contributed by atoms with Crippen molar-refractivity contribution in [2.45, 2.75) is 0 Å². The Hall–Kier alpha value is -3.06. The van der Waals surface area contributed by atoms with E-state index in [1.54, 1.807) is 12.1 Å². The molecule has 2 rings (SSSR count). The standard InChI is InChI=1S/C15H12FN3O3/c16-13-3-1-2-12(8-13)14(20)18-17-9-10-4-6-11(7-5-10)15(21)19-22/h1-9,22H,(H,18,20)(H,19,21)/b17-9+. The van der Waals surface area contributed by atoms with Crippen LogP contribution in [0, 0.1) is 5.82 Å². The average molecular weight is 301 g/mol. The van der Waals surface area contributed by atoms with E-state index in [4.69, 9.17) is 5.21 Å². The highest BCUT2D eigenvalue weighted by Gasteiger charge is 2.05. The van der Waals surface area contributed by atoms with Crippen molar-refractivity contribution in [3.63, 3.8) is 0 Å². The predicted molar refractivity (Wildman–Crippen MR) is 77.2 cm³/mol. The fourth-order valence-electron chi connectivity index (χ4n) is 1.64. The van der Waals surface area contributed by atoms with Gasteiger partial charge < -0.3 is 0 Å². The number of carbonyl (C=O) groups is 2. The van der Waals surface area contributed by atoms with Gasteiger partial charge in [-0.1, -0.05) is 18.2 Å². The number of halogens is 1. The summed E-state index contributed by atoms with van der Waals surface area (Å²) < 4.78 is 13.0. The van der Waals surface area contributed by atoms with E-state index < -0.39 is 17.6 Å². The summed E-state index contributed by atoms with van der Waals surface area (Å²) in [6.07, 6.45) is 1.37. The molecule has 0 bridgehead atoms. The quantitative estimate of drug-likeness (QED) is 0.456. The molecular weight excluding hydrogens is 289 g/mol. The van der Waals surface area contributed by atoms with E-state index in [-0.39, 0.29) is 11.1 Å². The summed E-state index contributed by atoms with van der Waals surface area (Å²) in [5.41, 5.74) is 4.86. The SMILES string of the molecule is O=C(NO)c1ccc(/C=N/NC(=O)c2cccc(F)c2)cc1. The summed E-state index contributed by atoms with van der Waals surface area (Å²) in [7, 11) is 0. The fourth-order valence-corrected chi connectivity index (χ4v) is 1.64. The summed E-state index contributed by atoms with van der Waals surface area (Å²) in [4.78, 5) is 22.8. The monoisotopic (exact) mass is 301 g/mol. The van der Waals surface area contributed by atoms with Crippen LogP contribution in [0.3, 0.4) is 0 Å². The number of nitrogens with one attached hydrogen (secondary N) is 2. The van der Waals surface area contributed by atoms with E-state index in [9.17, 15) is 14.0 Å². The van der Waals surface area contributed by atoms with Crippen molar-refractivity contribution >= 4 is 18.0 Å². The van der Waals surface area contributed by atoms with Gasteiger partial charge in [-0.3, -0.25) is 14.8 Å². The molecule has 112 valence electrons. The van der Waals surface area contributed by atoms with Crippen molar-refractivity contribution in [2.75, 3.05) is 0 Å². The molecule has 2 aromatic carbocycles. The largest absolute Gasteiger partial charge is 0.288 e. The summed E-state index contributed by atoms with van der Waals surface area (Å²) >= 11 is 0. The topological polar surface area (TPSA) is 90.8 Å². The van der Waals surface area contributed by atoms with Crippen molar-refractivity contribution in [1.29, 1.82) is 0 Å². The Labute approximate surface area is 125 Å². The van der Waals surface area contributed by atoms with Crippen LogP contribution in [0.15, 0.2) is 53.6 Å². The third-order valence-electron chi connectivity index (χ3n) is 2.74. The van der Waals surface area contributed by atoms with Gasteiger partial charge in [0.05, 0.1) is 6.21 Å². The molecule has 0 radical (unpaired) electrons. The van der Waals surface area contributed by atoms with Crippen LogP contribution >= 0.6 is 0 Å².